The Balaban J connectivity index is 4.53. The minimum absolute atomic E-state index is 0.0945. The highest BCUT2D eigenvalue weighted by Gasteiger charge is 2.31. The van der Waals surface area contributed by atoms with E-state index >= 15 is 0 Å². The molecule has 1 atom stereocenters. The Bertz CT molecular complexity index is 265. The van der Waals surface area contributed by atoms with Crippen molar-refractivity contribution in [2.45, 2.75) is 32.5 Å². The van der Waals surface area contributed by atoms with Gasteiger partial charge in [0, 0.05) is 0 Å². The van der Waals surface area contributed by atoms with Crippen LogP contribution in [0.1, 0.15) is 26.7 Å². The highest BCUT2D eigenvalue weighted by molar-refractivity contribution is 7.52. The van der Waals surface area contributed by atoms with Crippen LogP contribution in [-0.2, 0) is 14.1 Å². The summed E-state index contributed by atoms with van der Waals surface area (Å²) in [6.07, 6.45) is 1.67. The zero-order valence-electron chi connectivity index (χ0n) is 9.92. The Morgan fingerprint density at radius 2 is 2.06 bits per heavy atom. The maximum atomic E-state index is 11.1. The third-order valence-corrected chi connectivity index (χ3v) is 3.67. The summed E-state index contributed by atoms with van der Waals surface area (Å²) in [4.78, 5) is 30.7. The normalized spacial score (nSPS) is 13.9. The Morgan fingerprint density at radius 3 is 2.44 bits per heavy atom. The van der Waals surface area contributed by atoms with Crippen molar-refractivity contribution in [3.8, 4) is 0 Å². The number of hydrogen-bond acceptors (Lipinski definition) is 4. The smallest absolute Gasteiger partial charge is 0.342 e. The number of carbonyl (C=O) groups excluding carboxylic acids is 1. The van der Waals surface area contributed by atoms with Crippen molar-refractivity contribution in [2.75, 3.05) is 20.2 Å². The van der Waals surface area contributed by atoms with Crippen LogP contribution >= 0.6 is 7.60 Å². The molecule has 0 radical (unpaired) electrons. The first-order chi connectivity index (χ1) is 7.32. The molecule has 0 spiro atoms. The van der Waals surface area contributed by atoms with E-state index in [1.165, 1.54) is 18.9 Å². The van der Waals surface area contributed by atoms with E-state index in [1.807, 2.05) is 6.92 Å². The summed E-state index contributed by atoms with van der Waals surface area (Å²) >= 11 is 0. The van der Waals surface area contributed by atoms with Gasteiger partial charge in [-0.25, -0.2) is 0 Å². The maximum absolute atomic E-state index is 11.1. The average Bonchev–Trinajstić information content (AvgIpc) is 2.21. The quantitative estimate of drug-likeness (QED) is 0.515. The van der Waals surface area contributed by atoms with Crippen LogP contribution in [0.15, 0.2) is 0 Å². The zero-order valence-corrected chi connectivity index (χ0v) is 10.8. The van der Waals surface area contributed by atoms with Gasteiger partial charge in [-0.15, -0.1) is 0 Å². The summed E-state index contributed by atoms with van der Waals surface area (Å²) in [5, 5.41) is 0. The summed E-state index contributed by atoms with van der Waals surface area (Å²) in [7, 11) is -2.95. The van der Waals surface area contributed by atoms with Crippen molar-refractivity contribution in [3.63, 3.8) is 0 Å². The van der Waals surface area contributed by atoms with Gasteiger partial charge < -0.3 is 14.5 Å². The number of hydrogen-bond donors (Lipinski definition) is 2. The molecule has 0 aliphatic heterocycles. The summed E-state index contributed by atoms with van der Waals surface area (Å²) in [6.45, 7) is 3.76. The topological polar surface area (TPSA) is 87.1 Å². The minimum Gasteiger partial charge on any atom is -0.468 e. The van der Waals surface area contributed by atoms with Gasteiger partial charge in [0.25, 0.3) is 0 Å². The Hall–Kier alpha value is -0.420. The third-order valence-electron chi connectivity index (χ3n) is 2.37. The molecule has 0 saturated carbocycles. The second kappa shape index (κ2) is 7.01. The van der Waals surface area contributed by atoms with Gasteiger partial charge in [0.2, 0.25) is 0 Å². The number of carbonyl (C=O) groups is 1. The molecule has 0 amide bonds. The van der Waals surface area contributed by atoms with E-state index in [9.17, 15) is 9.36 Å². The SMILES string of the molecule is CCCCN(CC(=O)OC)C(C)P(=O)(O)O. The molecule has 16 heavy (non-hydrogen) atoms. The van der Waals surface area contributed by atoms with Crippen molar-refractivity contribution in [2.24, 2.45) is 0 Å². The molecule has 0 aliphatic carbocycles. The average molecular weight is 253 g/mol. The Kier molecular flexibility index (Phi) is 6.83. The largest absolute Gasteiger partial charge is 0.468 e. The lowest BCUT2D eigenvalue weighted by Gasteiger charge is -2.28. The van der Waals surface area contributed by atoms with Gasteiger partial charge >= 0.3 is 13.6 Å². The van der Waals surface area contributed by atoms with Crippen molar-refractivity contribution < 1.29 is 23.9 Å². The predicted molar refractivity (Wildman–Crippen MR) is 60.0 cm³/mol. The fraction of sp³-hybridized carbons (Fsp3) is 0.889. The number of nitrogens with zero attached hydrogens (tertiary/aromatic N) is 1. The first kappa shape index (κ1) is 15.6. The third kappa shape index (κ3) is 5.61. The molecular weight excluding hydrogens is 233 g/mol. The lowest BCUT2D eigenvalue weighted by atomic mass is 10.3. The maximum Gasteiger partial charge on any atom is 0.342 e. The molecule has 0 rings (SSSR count). The van der Waals surface area contributed by atoms with Crippen molar-refractivity contribution in [1.29, 1.82) is 0 Å². The van der Waals surface area contributed by atoms with E-state index in [-0.39, 0.29) is 6.54 Å². The monoisotopic (exact) mass is 253 g/mol. The molecule has 0 aromatic heterocycles. The number of ether oxygens (including phenoxy) is 1. The fourth-order valence-electron chi connectivity index (χ4n) is 1.20. The Labute approximate surface area is 95.7 Å². The molecule has 6 nitrogen and oxygen atoms in total. The van der Waals surface area contributed by atoms with Gasteiger partial charge in [0.15, 0.2) is 0 Å². The predicted octanol–water partition coefficient (Wildman–Crippen LogP) is 0.785. The van der Waals surface area contributed by atoms with Gasteiger partial charge in [-0.3, -0.25) is 14.3 Å². The first-order valence-corrected chi connectivity index (χ1v) is 6.87. The highest BCUT2D eigenvalue weighted by Crippen LogP contribution is 2.42. The van der Waals surface area contributed by atoms with Crippen molar-refractivity contribution in [1.82, 2.24) is 4.90 Å². The van der Waals surface area contributed by atoms with E-state index in [0.29, 0.717) is 6.54 Å². The molecule has 7 heteroatoms. The standard InChI is InChI=1S/C9H20NO5P/c1-4-5-6-10(7-9(11)15-3)8(2)16(12,13)14/h8H,4-7H2,1-3H3,(H2,12,13,14). The van der Waals surface area contributed by atoms with Crippen LogP contribution in [0.25, 0.3) is 0 Å². The molecule has 2 N–H and O–H groups in total. The lowest BCUT2D eigenvalue weighted by molar-refractivity contribution is -0.142. The zero-order chi connectivity index (χ0) is 12.8. The molecular formula is C9H20NO5P. The molecule has 0 saturated heterocycles. The van der Waals surface area contributed by atoms with Crippen LogP contribution in [0, 0.1) is 0 Å². The van der Waals surface area contributed by atoms with Gasteiger partial charge in [-0.1, -0.05) is 13.3 Å². The van der Waals surface area contributed by atoms with Crippen molar-refractivity contribution >= 4 is 13.6 Å². The Morgan fingerprint density at radius 1 is 1.50 bits per heavy atom. The van der Waals surface area contributed by atoms with E-state index in [4.69, 9.17) is 9.79 Å². The van der Waals surface area contributed by atoms with E-state index in [0.717, 1.165) is 12.8 Å². The van der Waals surface area contributed by atoms with Crippen LogP contribution in [0.3, 0.4) is 0 Å². The molecule has 0 aliphatic rings. The second-order valence-electron chi connectivity index (χ2n) is 3.62. The minimum atomic E-state index is -4.20. The fourth-order valence-corrected chi connectivity index (χ4v) is 1.82. The van der Waals surface area contributed by atoms with Gasteiger partial charge in [-0.05, 0) is 19.9 Å². The molecule has 0 fully saturated rings. The summed E-state index contributed by atoms with van der Waals surface area (Å²) in [5.41, 5.74) is 0. The van der Waals surface area contributed by atoms with Crippen molar-refractivity contribution in [3.05, 3.63) is 0 Å². The molecule has 0 bridgehead atoms. The molecule has 0 aromatic carbocycles. The first-order valence-electron chi connectivity index (χ1n) is 5.19. The van der Waals surface area contributed by atoms with Crippen LogP contribution in [-0.4, -0.2) is 46.6 Å². The van der Waals surface area contributed by atoms with Gasteiger partial charge in [-0.2, -0.15) is 0 Å². The molecule has 1 unspecified atom stereocenters. The molecule has 0 aromatic rings. The van der Waals surface area contributed by atoms with Crippen LogP contribution < -0.4 is 0 Å². The second-order valence-corrected chi connectivity index (χ2v) is 5.55. The number of methoxy groups -OCH3 is 1. The highest BCUT2D eigenvalue weighted by atomic mass is 31.2. The number of rotatable bonds is 7. The van der Waals surface area contributed by atoms with E-state index in [2.05, 4.69) is 4.74 Å². The molecule has 0 heterocycles. The summed E-state index contributed by atoms with van der Waals surface area (Å²) in [5.74, 6) is -1.45. The molecule has 96 valence electrons. The lowest BCUT2D eigenvalue weighted by Crippen LogP contribution is -2.38. The van der Waals surface area contributed by atoms with E-state index in [1.54, 1.807) is 0 Å². The number of esters is 1. The van der Waals surface area contributed by atoms with Crippen LogP contribution in [0.2, 0.25) is 0 Å². The van der Waals surface area contributed by atoms with E-state index < -0.39 is 19.3 Å². The van der Waals surface area contributed by atoms with Crippen LogP contribution in [0.5, 0.6) is 0 Å². The summed E-state index contributed by atoms with van der Waals surface area (Å²) in [6, 6.07) is 0. The van der Waals surface area contributed by atoms with Gasteiger partial charge in [0.1, 0.15) is 5.78 Å². The summed E-state index contributed by atoms with van der Waals surface area (Å²) < 4.78 is 15.6. The van der Waals surface area contributed by atoms with Gasteiger partial charge in [0.05, 0.1) is 13.7 Å². The van der Waals surface area contributed by atoms with Crippen LogP contribution in [0.4, 0.5) is 0 Å². The number of unbranched alkanes of at least 4 members (excludes halogenated alkanes) is 1.